The maximum Gasteiger partial charge on any atom is 0.123 e. The van der Waals surface area contributed by atoms with E-state index in [0.29, 0.717) is 17.5 Å². The standard InChI is InChI=1S/C15H23NO2/c1-11-5-4-8-16(12(11)2)10-13-6-7-14(18-3)9-15(13)17/h6-7,9,11-12,17H,4-5,8,10H2,1-3H3. The van der Waals surface area contributed by atoms with Gasteiger partial charge in [-0.15, -0.1) is 0 Å². The summed E-state index contributed by atoms with van der Waals surface area (Å²) in [4.78, 5) is 2.45. The molecule has 1 aliphatic rings. The third kappa shape index (κ3) is 2.78. The molecule has 1 heterocycles. The first-order valence-corrected chi connectivity index (χ1v) is 6.71. The first kappa shape index (κ1) is 13.2. The third-order valence-electron chi connectivity index (χ3n) is 4.17. The molecule has 3 heteroatoms. The number of rotatable bonds is 3. The van der Waals surface area contributed by atoms with Crippen molar-refractivity contribution in [3.63, 3.8) is 0 Å². The van der Waals surface area contributed by atoms with Gasteiger partial charge in [-0.25, -0.2) is 0 Å². The van der Waals surface area contributed by atoms with Gasteiger partial charge in [0.25, 0.3) is 0 Å². The first-order chi connectivity index (χ1) is 8.61. The minimum absolute atomic E-state index is 0.333. The number of methoxy groups -OCH3 is 1. The third-order valence-corrected chi connectivity index (χ3v) is 4.17. The molecule has 100 valence electrons. The van der Waals surface area contributed by atoms with Gasteiger partial charge >= 0.3 is 0 Å². The number of nitrogens with zero attached hydrogens (tertiary/aromatic N) is 1. The zero-order valence-corrected chi connectivity index (χ0v) is 11.5. The Balaban J connectivity index is 2.09. The molecule has 2 atom stereocenters. The number of ether oxygens (including phenoxy) is 1. The molecular formula is C15H23NO2. The Kier molecular flexibility index (Phi) is 4.12. The molecule has 0 saturated carbocycles. The van der Waals surface area contributed by atoms with Crippen LogP contribution in [0.15, 0.2) is 18.2 Å². The highest BCUT2D eigenvalue weighted by Crippen LogP contribution is 2.29. The lowest BCUT2D eigenvalue weighted by Gasteiger charge is -2.38. The van der Waals surface area contributed by atoms with Crippen LogP contribution < -0.4 is 4.74 Å². The van der Waals surface area contributed by atoms with Gasteiger partial charge in [0, 0.05) is 24.2 Å². The van der Waals surface area contributed by atoms with Gasteiger partial charge in [0.15, 0.2) is 0 Å². The van der Waals surface area contributed by atoms with Crippen molar-refractivity contribution in [3.05, 3.63) is 23.8 Å². The molecule has 0 aliphatic carbocycles. The van der Waals surface area contributed by atoms with E-state index in [4.69, 9.17) is 4.74 Å². The van der Waals surface area contributed by atoms with Crippen molar-refractivity contribution in [2.45, 2.75) is 39.3 Å². The van der Waals surface area contributed by atoms with Crippen molar-refractivity contribution in [2.24, 2.45) is 5.92 Å². The van der Waals surface area contributed by atoms with Crippen LogP contribution >= 0.6 is 0 Å². The average molecular weight is 249 g/mol. The number of piperidine rings is 1. The molecule has 0 aromatic heterocycles. The lowest BCUT2D eigenvalue weighted by atomic mass is 9.91. The molecule has 1 fully saturated rings. The van der Waals surface area contributed by atoms with Crippen molar-refractivity contribution in [3.8, 4) is 11.5 Å². The second kappa shape index (κ2) is 5.61. The molecule has 2 rings (SSSR count). The molecule has 0 spiro atoms. The monoisotopic (exact) mass is 249 g/mol. The van der Waals surface area contributed by atoms with Crippen LogP contribution in [0.25, 0.3) is 0 Å². The fourth-order valence-corrected chi connectivity index (χ4v) is 2.67. The summed E-state index contributed by atoms with van der Waals surface area (Å²) in [5, 5.41) is 10.00. The number of phenolic OH excluding ortho intramolecular Hbond substituents is 1. The molecule has 18 heavy (non-hydrogen) atoms. The van der Waals surface area contributed by atoms with E-state index in [9.17, 15) is 5.11 Å². The average Bonchev–Trinajstić information content (AvgIpc) is 2.37. The van der Waals surface area contributed by atoms with E-state index >= 15 is 0 Å². The van der Waals surface area contributed by atoms with Crippen LogP contribution in [-0.2, 0) is 6.54 Å². The fourth-order valence-electron chi connectivity index (χ4n) is 2.67. The van der Waals surface area contributed by atoms with Crippen molar-refractivity contribution in [1.82, 2.24) is 4.90 Å². The molecular weight excluding hydrogens is 226 g/mol. The van der Waals surface area contributed by atoms with Crippen LogP contribution in [0.1, 0.15) is 32.3 Å². The zero-order valence-electron chi connectivity index (χ0n) is 11.5. The number of benzene rings is 1. The van der Waals surface area contributed by atoms with Gasteiger partial charge in [0.1, 0.15) is 11.5 Å². The number of hydrogen-bond donors (Lipinski definition) is 1. The Morgan fingerprint density at radius 2 is 2.17 bits per heavy atom. The predicted molar refractivity (Wildman–Crippen MR) is 72.9 cm³/mol. The van der Waals surface area contributed by atoms with Gasteiger partial charge in [0.2, 0.25) is 0 Å². The Morgan fingerprint density at radius 1 is 1.39 bits per heavy atom. The quantitative estimate of drug-likeness (QED) is 0.893. The van der Waals surface area contributed by atoms with Crippen LogP contribution in [0.5, 0.6) is 11.5 Å². The molecule has 1 aliphatic heterocycles. The molecule has 0 amide bonds. The normalized spacial score (nSPS) is 25.1. The minimum atomic E-state index is 0.333. The lowest BCUT2D eigenvalue weighted by molar-refractivity contribution is 0.105. The van der Waals surface area contributed by atoms with Gasteiger partial charge in [-0.2, -0.15) is 0 Å². The Bertz CT molecular complexity index is 405. The van der Waals surface area contributed by atoms with E-state index in [1.807, 2.05) is 12.1 Å². The summed E-state index contributed by atoms with van der Waals surface area (Å²) in [5.41, 5.74) is 0.983. The SMILES string of the molecule is COc1ccc(CN2CCCC(C)C2C)c(O)c1. The predicted octanol–water partition coefficient (Wildman–Crippen LogP) is 3.02. The number of likely N-dealkylation sites (tertiary alicyclic amines) is 1. The molecule has 0 radical (unpaired) electrons. The molecule has 1 aromatic carbocycles. The molecule has 3 nitrogen and oxygen atoms in total. The van der Waals surface area contributed by atoms with E-state index < -0.39 is 0 Å². The summed E-state index contributed by atoms with van der Waals surface area (Å²) in [6, 6.07) is 6.14. The highest BCUT2D eigenvalue weighted by atomic mass is 16.5. The van der Waals surface area contributed by atoms with Gasteiger partial charge in [-0.05, 0) is 38.3 Å². The summed E-state index contributed by atoms with van der Waals surface area (Å²) < 4.78 is 5.10. The van der Waals surface area contributed by atoms with Gasteiger partial charge in [0.05, 0.1) is 7.11 Å². The number of phenols is 1. The number of hydrogen-bond acceptors (Lipinski definition) is 3. The van der Waals surface area contributed by atoms with Crippen LogP contribution in [0.2, 0.25) is 0 Å². The molecule has 1 saturated heterocycles. The maximum atomic E-state index is 10.00. The van der Waals surface area contributed by atoms with E-state index in [2.05, 4.69) is 18.7 Å². The van der Waals surface area contributed by atoms with Crippen LogP contribution in [0, 0.1) is 5.92 Å². The van der Waals surface area contributed by atoms with E-state index in [-0.39, 0.29) is 0 Å². The Morgan fingerprint density at radius 3 is 2.83 bits per heavy atom. The summed E-state index contributed by atoms with van der Waals surface area (Å²) in [7, 11) is 1.61. The zero-order chi connectivity index (χ0) is 13.1. The highest BCUT2D eigenvalue weighted by Gasteiger charge is 2.25. The minimum Gasteiger partial charge on any atom is -0.507 e. The van der Waals surface area contributed by atoms with E-state index in [1.165, 1.54) is 12.8 Å². The van der Waals surface area contributed by atoms with Gasteiger partial charge in [-0.3, -0.25) is 4.90 Å². The topological polar surface area (TPSA) is 32.7 Å². The molecule has 2 unspecified atom stereocenters. The summed E-state index contributed by atoms with van der Waals surface area (Å²) in [6.45, 7) is 6.54. The van der Waals surface area contributed by atoms with Gasteiger partial charge < -0.3 is 9.84 Å². The summed E-state index contributed by atoms with van der Waals surface area (Å²) in [6.07, 6.45) is 2.56. The second-order valence-corrected chi connectivity index (χ2v) is 5.33. The van der Waals surface area contributed by atoms with E-state index in [1.54, 1.807) is 13.2 Å². The van der Waals surface area contributed by atoms with Crippen LogP contribution in [0.3, 0.4) is 0 Å². The second-order valence-electron chi connectivity index (χ2n) is 5.33. The van der Waals surface area contributed by atoms with Gasteiger partial charge in [-0.1, -0.05) is 13.0 Å². The van der Waals surface area contributed by atoms with Crippen LogP contribution in [-0.4, -0.2) is 29.7 Å². The summed E-state index contributed by atoms with van der Waals surface area (Å²) >= 11 is 0. The first-order valence-electron chi connectivity index (χ1n) is 6.71. The Labute approximate surface area is 109 Å². The van der Waals surface area contributed by atoms with E-state index in [0.717, 1.165) is 24.6 Å². The smallest absolute Gasteiger partial charge is 0.123 e. The summed E-state index contributed by atoms with van der Waals surface area (Å²) in [5.74, 6) is 1.77. The highest BCUT2D eigenvalue weighted by molar-refractivity contribution is 5.39. The van der Waals surface area contributed by atoms with Crippen molar-refractivity contribution in [2.75, 3.05) is 13.7 Å². The van der Waals surface area contributed by atoms with Crippen molar-refractivity contribution in [1.29, 1.82) is 0 Å². The number of aromatic hydroxyl groups is 1. The van der Waals surface area contributed by atoms with Crippen LogP contribution in [0.4, 0.5) is 0 Å². The van der Waals surface area contributed by atoms with Crippen molar-refractivity contribution < 1.29 is 9.84 Å². The molecule has 1 N–H and O–H groups in total. The maximum absolute atomic E-state index is 10.00. The van der Waals surface area contributed by atoms with Crippen molar-refractivity contribution >= 4 is 0 Å². The molecule has 1 aromatic rings. The lowest BCUT2D eigenvalue weighted by Crippen LogP contribution is -2.41. The fraction of sp³-hybridized carbons (Fsp3) is 0.600. The Hall–Kier alpha value is -1.22. The molecule has 0 bridgehead atoms. The largest absolute Gasteiger partial charge is 0.507 e.